The van der Waals surface area contributed by atoms with Crippen LogP contribution in [0.4, 0.5) is 5.69 Å². The molecule has 1 aromatic heterocycles. The molecular formula is C13H17N3O. The number of hydrogen-bond donors (Lipinski definition) is 1. The Morgan fingerprint density at radius 2 is 2.35 bits per heavy atom. The normalized spacial score (nSPS) is 9.65. The summed E-state index contributed by atoms with van der Waals surface area (Å²) in [7, 11) is 0. The van der Waals surface area contributed by atoms with E-state index in [4.69, 9.17) is 12.2 Å². The molecule has 0 radical (unpaired) electrons. The van der Waals surface area contributed by atoms with Gasteiger partial charge in [-0.15, -0.1) is 6.42 Å². The summed E-state index contributed by atoms with van der Waals surface area (Å²) < 4.78 is 0. The van der Waals surface area contributed by atoms with E-state index in [0.29, 0.717) is 24.5 Å². The Morgan fingerprint density at radius 1 is 1.59 bits per heavy atom. The van der Waals surface area contributed by atoms with Crippen molar-refractivity contribution in [2.24, 2.45) is 0 Å². The van der Waals surface area contributed by atoms with Crippen molar-refractivity contribution < 1.29 is 4.79 Å². The highest BCUT2D eigenvalue weighted by Gasteiger charge is 2.12. The highest BCUT2D eigenvalue weighted by atomic mass is 16.2. The van der Waals surface area contributed by atoms with Gasteiger partial charge in [0.1, 0.15) is 0 Å². The average Bonchev–Trinajstić information content (AvgIpc) is 2.32. The molecule has 0 aliphatic rings. The van der Waals surface area contributed by atoms with Crippen molar-refractivity contribution in [3.8, 4) is 12.3 Å². The zero-order chi connectivity index (χ0) is 12.7. The molecule has 0 bridgehead atoms. The van der Waals surface area contributed by atoms with E-state index in [-0.39, 0.29) is 12.3 Å². The molecule has 0 spiro atoms. The van der Waals surface area contributed by atoms with Crippen LogP contribution in [0.3, 0.4) is 0 Å². The molecule has 0 atom stereocenters. The fraction of sp³-hybridized carbons (Fsp3) is 0.385. The van der Waals surface area contributed by atoms with Gasteiger partial charge in [0.2, 0.25) is 5.91 Å². The Kier molecular flexibility index (Phi) is 5.02. The first-order valence-electron chi connectivity index (χ1n) is 5.59. The Balaban J connectivity index is 2.63. The van der Waals surface area contributed by atoms with Gasteiger partial charge >= 0.3 is 0 Å². The molecule has 4 nitrogen and oxygen atoms in total. The zero-order valence-corrected chi connectivity index (χ0v) is 10.0. The second-order valence-corrected chi connectivity index (χ2v) is 3.78. The highest BCUT2D eigenvalue weighted by Crippen LogP contribution is 2.04. The number of hydrogen-bond acceptors (Lipinski definition) is 3. The standard InChI is InChI=1S/C13H17N3O/c1-3-7-16(8-4-2)13(17)9-12-6-5-11(14)10-15-12/h1,5-6,10H,4,7-9,14H2,2H3. The first kappa shape index (κ1) is 13.0. The van der Waals surface area contributed by atoms with Crippen molar-refractivity contribution in [2.75, 3.05) is 18.8 Å². The lowest BCUT2D eigenvalue weighted by Gasteiger charge is -2.19. The summed E-state index contributed by atoms with van der Waals surface area (Å²) >= 11 is 0. The lowest BCUT2D eigenvalue weighted by atomic mass is 10.2. The third-order valence-corrected chi connectivity index (χ3v) is 2.31. The van der Waals surface area contributed by atoms with Crippen LogP contribution < -0.4 is 5.73 Å². The van der Waals surface area contributed by atoms with E-state index in [9.17, 15) is 4.79 Å². The molecule has 1 rings (SSSR count). The van der Waals surface area contributed by atoms with Gasteiger partial charge in [-0.1, -0.05) is 12.8 Å². The van der Waals surface area contributed by atoms with Crippen molar-refractivity contribution in [1.29, 1.82) is 0 Å². The van der Waals surface area contributed by atoms with Gasteiger partial charge in [0, 0.05) is 12.2 Å². The van der Waals surface area contributed by atoms with E-state index in [0.717, 1.165) is 6.42 Å². The highest BCUT2D eigenvalue weighted by molar-refractivity contribution is 5.78. The van der Waals surface area contributed by atoms with Crippen LogP contribution in [0.5, 0.6) is 0 Å². The molecule has 0 fully saturated rings. The average molecular weight is 231 g/mol. The molecule has 17 heavy (non-hydrogen) atoms. The van der Waals surface area contributed by atoms with Gasteiger partial charge in [-0.05, 0) is 18.6 Å². The van der Waals surface area contributed by atoms with Crippen LogP contribution in [0.15, 0.2) is 18.3 Å². The van der Waals surface area contributed by atoms with Crippen LogP contribution in [0.1, 0.15) is 19.0 Å². The van der Waals surface area contributed by atoms with Gasteiger partial charge in [0.25, 0.3) is 0 Å². The number of anilines is 1. The molecule has 0 unspecified atom stereocenters. The second-order valence-electron chi connectivity index (χ2n) is 3.78. The largest absolute Gasteiger partial charge is 0.397 e. The van der Waals surface area contributed by atoms with E-state index >= 15 is 0 Å². The Hall–Kier alpha value is -2.02. The Morgan fingerprint density at radius 3 is 2.88 bits per heavy atom. The SMILES string of the molecule is C#CCN(CCC)C(=O)Cc1ccc(N)cn1. The minimum atomic E-state index is 0.00192. The molecule has 0 saturated heterocycles. The third-order valence-electron chi connectivity index (χ3n) is 2.31. The number of amides is 1. The molecular weight excluding hydrogens is 214 g/mol. The molecule has 1 amide bonds. The van der Waals surface area contributed by atoms with Crippen LogP contribution >= 0.6 is 0 Å². The maximum absolute atomic E-state index is 11.9. The van der Waals surface area contributed by atoms with E-state index in [2.05, 4.69) is 10.9 Å². The molecule has 0 aliphatic carbocycles. The number of nitrogen functional groups attached to an aromatic ring is 1. The quantitative estimate of drug-likeness (QED) is 0.771. The van der Waals surface area contributed by atoms with Crippen molar-refractivity contribution in [2.45, 2.75) is 19.8 Å². The molecule has 1 heterocycles. The molecule has 90 valence electrons. The van der Waals surface area contributed by atoms with E-state index < -0.39 is 0 Å². The lowest BCUT2D eigenvalue weighted by molar-refractivity contribution is -0.129. The van der Waals surface area contributed by atoms with Crippen molar-refractivity contribution in [3.05, 3.63) is 24.0 Å². The maximum atomic E-state index is 11.9. The summed E-state index contributed by atoms with van der Waals surface area (Å²) in [5.74, 6) is 2.50. The van der Waals surface area contributed by atoms with Crippen LogP contribution in [0.2, 0.25) is 0 Å². The number of nitrogens with zero attached hydrogens (tertiary/aromatic N) is 2. The maximum Gasteiger partial charge on any atom is 0.229 e. The summed E-state index contributed by atoms with van der Waals surface area (Å²) in [6.07, 6.45) is 7.94. The number of carbonyl (C=O) groups is 1. The van der Waals surface area contributed by atoms with Crippen molar-refractivity contribution in [1.82, 2.24) is 9.88 Å². The van der Waals surface area contributed by atoms with Crippen LogP contribution in [-0.4, -0.2) is 28.9 Å². The van der Waals surface area contributed by atoms with Crippen LogP contribution in [0, 0.1) is 12.3 Å². The van der Waals surface area contributed by atoms with Crippen LogP contribution in [-0.2, 0) is 11.2 Å². The summed E-state index contributed by atoms with van der Waals surface area (Å²) in [6, 6.07) is 3.49. The summed E-state index contributed by atoms with van der Waals surface area (Å²) in [5, 5.41) is 0. The molecule has 1 aromatic rings. The fourth-order valence-corrected chi connectivity index (χ4v) is 1.48. The van der Waals surface area contributed by atoms with Gasteiger partial charge < -0.3 is 10.6 Å². The van der Waals surface area contributed by atoms with E-state index in [1.165, 1.54) is 0 Å². The Labute approximate surface area is 102 Å². The minimum absolute atomic E-state index is 0.00192. The number of carbonyl (C=O) groups excluding carboxylic acids is 1. The van der Waals surface area contributed by atoms with Crippen molar-refractivity contribution in [3.63, 3.8) is 0 Å². The van der Waals surface area contributed by atoms with Crippen LogP contribution in [0.25, 0.3) is 0 Å². The molecule has 2 N–H and O–H groups in total. The summed E-state index contributed by atoms with van der Waals surface area (Å²) in [4.78, 5) is 17.7. The molecule has 0 saturated carbocycles. The number of aromatic nitrogens is 1. The predicted octanol–water partition coefficient (Wildman–Crippen LogP) is 1.08. The monoisotopic (exact) mass is 231 g/mol. The topological polar surface area (TPSA) is 59.2 Å². The smallest absolute Gasteiger partial charge is 0.229 e. The lowest BCUT2D eigenvalue weighted by Crippen LogP contribution is -2.33. The number of rotatable bonds is 5. The zero-order valence-electron chi connectivity index (χ0n) is 10.0. The van der Waals surface area contributed by atoms with Gasteiger partial charge in [-0.2, -0.15) is 0 Å². The van der Waals surface area contributed by atoms with Gasteiger partial charge in [0.15, 0.2) is 0 Å². The third kappa shape index (κ3) is 4.15. The Bertz CT molecular complexity index is 406. The summed E-state index contributed by atoms with van der Waals surface area (Å²) in [6.45, 7) is 3.04. The van der Waals surface area contributed by atoms with E-state index in [1.807, 2.05) is 6.92 Å². The molecule has 0 aromatic carbocycles. The minimum Gasteiger partial charge on any atom is -0.397 e. The molecule has 4 heteroatoms. The fourth-order valence-electron chi connectivity index (χ4n) is 1.48. The molecule has 0 aliphatic heterocycles. The summed E-state index contributed by atoms with van der Waals surface area (Å²) in [5.41, 5.74) is 6.83. The number of nitrogens with two attached hydrogens (primary N) is 1. The van der Waals surface area contributed by atoms with Gasteiger partial charge in [-0.25, -0.2) is 0 Å². The number of terminal acetylenes is 1. The van der Waals surface area contributed by atoms with E-state index in [1.54, 1.807) is 23.2 Å². The first-order valence-corrected chi connectivity index (χ1v) is 5.59. The second kappa shape index (κ2) is 6.54. The predicted molar refractivity (Wildman–Crippen MR) is 68.1 cm³/mol. The van der Waals surface area contributed by atoms with Crippen molar-refractivity contribution >= 4 is 11.6 Å². The number of pyridine rings is 1. The first-order chi connectivity index (χ1) is 8.17. The van der Waals surface area contributed by atoms with Gasteiger partial charge in [0.05, 0.1) is 24.8 Å². The van der Waals surface area contributed by atoms with Gasteiger partial charge in [-0.3, -0.25) is 9.78 Å².